The molecular weight excluding hydrogens is 272 g/mol. The molecule has 1 N–H and O–H groups in total. The topological polar surface area (TPSA) is 37.3 Å². The number of fused-ring (bicyclic) bond motifs is 5. The summed E-state index contributed by atoms with van der Waals surface area (Å²) >= 11 is 0. The van der Waals surface area contributed by atoms with Gasteiger partial charge in [0.1, 0.15) is 0 Å². The van der Waals surface area contributed by atoms with Crippen LogP contribution in [-0.4, -0.2) is 17.0 Å². The zero-order chi connectivity index (χ0) is 15.7. The average Bonchev–Trinajstić information content (AvgIpc) is 2.77. The van der Waals surface area contributed by atoms with E-state index in [2.05, 4.69) is 20.8 Å². The van der Waals surface area contributed by atoms with Crippen LogP contribution in [0.2, 0.25) is 0 Å². The zero-order valence-corrected chi connectivity index (χ0v) is 14.3. The van der Waals surface area contributed by atoms with Gasteiger partial charge in [-0.15, -0.1) is 0 Å². The number of hydrogen-bond donors (Lipinski definition) is 1. The first-order chi connectivity index (χ1) is 10.4. The molecule has 4 aliphatic carbocycles. The van der Waals surface area contributed by atoms with Gasteiger partial charge < -0.3 is 5.11 Å². The monoisotopic (exact) mass is 302 g/mol. The molecule has 0 spiro atoms. The lowest BCUT2D eigenvalue weighted by atomic mass is 9.45. The number of rotatable bonds is 0. The van der Waals surface area contributed by atoms with E-state index in [0.717, 1.165) is 37.5 Å². The Kier molecular flexibility index (Phi) is 3.18. The standard InChI is InChI=1S/C20H30O2/c1-12-10-13-11-14(21)6-8-19(13,2)16-7-9-20(3)15(18(12)16)4-5-17(20)22/h11-12,15-18,22H,4-10H2,1-3H3/t12-,15?,16?,17-,18?,19+,20+/m1/s1. The lowest BCUT2D eigenvalue weighted by Gasteiger charge is -2.59. The second-order valence-electron chi connectivity index (χ2n) is 9.16. The minimum Gasteiger partial charge on any atom is -0.393 e. The van der Waals surface area contributed by atoms with E-state index in [1.165, 1.54) is 24.8 Å². The third-order valence-corrected chi connectivity index (χ3v) is 8.26. The predicted molar refractivity (Wildman–Crippen MR) is 87.3 cm³/mol. The van der Waals surface area contributed by atoms with Crippen molar-refractivity contribution >= 4 is 5.78 Å². The Morgan fingerprint density at radius 3 is 2.68 bits per heavy atom. The Labute approximate surface area is 134 Å². The first-order valence-corrected chi connectivity index (χ1v) is 9.28. The molecule has 3 saturated carbocycles. The molecule has 3 fully saturated rings. The summed E-state index contributed by atoms with van der Waals surface area (Å²) in [6.07, 6.45) is 9.40. The third kappa shape index (κ3) is 1.79. The van der Waals surface area contributed by atoms with Crippen molar-refractivity contribution in [1.29, 1.82) is 0 Å². The first kappa shape index (κ1) is 14.9. The van der Waals surface area contributed by atoms with Gasteiger partial charge in [0.15, 0.2) is 5.78 Å². The van der Waals surface area contributed by atoms with Crippen LogP contribution in [0.1, 0.15) is 65.7 Å². The largest absolute Gasteiger partial charge is 0.393 e. The fourth-order valence-corrected chi connectivity index (χ4v) is 6.88. The van der Waals surface area contributed by atoms with Gasteiger partial charge in [0.05, 0.1) is 6.10 Å². The van der Waals surface area contributed by atoms with Gasteiger partial charge in [-0.2, -0.15) is 0 Å². The molecule has 7 atom stereocenters. The molecule has 0 aromatic rings. The maximum Gasteiger partial charge on any atom is 0.155 e. The highest BCUT2D eigenvalue weighted by Crippen LogP contribution is 2.66. The second kappa shape index (κ2) is 4.69. The maximum absolute atomic E-state index is 11.9. The summed E-state index contributed by atoms with van der Waals surface area (Å²) in [7, 11) is 0. The SMILES string of the molecule is C[C@@H]1CC2=CC(=O)CC[C@]2(C)C2CC[C@@]3(C)C(CC[C@H]3O)C21. The van der Waals surface area contributed by atoms with E-state index in [4.69, 9.17) is 0 Å². The van der Waals surface area contributed by atoms with E-state index in [-0.39, 0.29) is 16.9 Å². The van der Waals surface area contributed by atoms with Crippen LogP contribution in [0.5, 0.6) is 0 Å². The van der Waals surface area contributed by atoms with E-state index >= 15 is 0 Å². The van der Waals surface area contributed by atoms with Gasteiger partial charge in [-0.05, 0) is 79.1 Å². The molecule has 122 valence electrons. The van der Waals surface area contributed by atoms with Crippen LogP contribution in [0.4, 0.5) is 0 Å². The Bertz CT molecular complexity index is 536. The summed E-state index contributed by atoms with van der Waals surface area (Å²) in [5.41, 5.74) is 1.84. The molecule has 0 saturated heterocycles. The molecule has 22 heavy (non-hydrogen) atoms. The second-order valence-corrected chi connectivity index (χ2v) is 9.16. The molecule has 4 rings (SSSR count). The van der Waals surface area contributed by atoms with E-state index in [1.807, 2.05) is 6.08 Å². The Morgan fingerprint density at radius 1 is 1.14 bits per heavy atom. The molecule has 0 aromatic carbocycles. The smallest absolute Gasteiger partial charge is 0.155 e. The van der Waals surface area contributed by atoms with E-state index in [1.54, 1.807) is 0 Å². The van der Waals surface area contributed by atoms with Crippen LogP contribution in [0.3, 0.4) is 0 Å². The van der Waals surface area contributed by atoms with Crippen molar-refractivity contribution in [3.05, 3.63) is 11.6 Å². The van der Waals surface area contributed by atoms with Crippen LogP contribution in [0.25, 0.3) is 0 Å². The molecule has 0 bridgehead atoms. The molecule has 0 heterocycles. The van der Waals surface area contributed by atoms with Crippen LogP contribution in [0, 0.1) is 34.5 Å². The van der Waals surface area contributed by atoms with Crippen LogP contribution in [0.15, 0.2) is 11.6 Å². The summed E-state index contributed by atoms with van der Waals surface area (Å²) in [5.74, 6) is 3.15. The Morgan fingerprint density at radius 2 is 1.91 bits per heavy atom. The van der Waals surface area contributed by atoms with Gasteiger partial charge >= 0.3 is 0 Å². The zero-order valence-electron chi connectivity index (χ0n) is 14.3. The fourth-order valence-electron chi connectivity index (χ4n) is 6.88. The normalized spacial score (nSPS) is 54.3. The molecule has 4 aliphatic rings. The van der Waals surface area contributed by atoms with Crippen LogP contribution in [-0.2, 0) is 4.79 Å². The van der Waals surface area contributed by atoms with E-state index in [9.17, 15) is 9.90 Å². The number of aliphatic hydroxyl groups excluding tert-OH is 1. The number of ketones is 1. The van der Waals surface area contributed by atoms with Gasteiger partial charge in [0.25, 0.3) is 0 Å². The van der Waals surface area contributed by atoms with Crippen molar-refractivity contribution in [2.75, 3.05) is 0 Å². The van der Waals surface area contributed by atoms with Gasteiger partial charge in [0, 0.05) is 6.42 Å². The number of carbonyl (C=O) groups is 1. The van der Waals surface area contributed by atoms with E-state index < -0.39 is 0 Å². The molecular formula is C20H30O2. The van der Waals surface area contributed by atoms with Crippen molar-refractivity contribution in [3.63, 3.8) is 0 Å². The molecule has 0 amide bonds. The molecule has 0 radical (unpaired) electrons. The summed E-state index contributed by atoms with van der Waals surface area (Å²) in [4.78, 5) is 11.9. The number of allylic oxidation sites excluding steroid dienone is 1. The number of hydrogen-bond acceptors (Lipinski definition) is 2. The first-order valence-electron chi connectivity index (χ1n) is 9.28. The summed E-state index contributed by atoms with van der Waals surface area (Å²) < 4.78 is 0. The van der Waals surface area contributed by atoms with Crippen molar-refractivity contribution in [1.82, 2.24) is 0 Å². The number of carbonyl (C=O) groups excluding carboxylic acids is 1. The fraction of sp³-hybridized carbons (Fsp3) is 0.850. The van der Waals surface area contributed by atoms with Crippen LogP contribution < -0.4 is 0 Å². The van der Waals surface area contributed by atoms with Crippen molar-refractivity contribution in [2.24, 2.45) is 34.5 Å². The lowest BCUT2D eigenvalue weighted by molar-refractivity contribution is -0.119. The van der Waals surface area contributed by atoms with Gasteiger partial charge in [-0.1, -0.05) is 26.3 Å². The summed E-state index contributed by atoms with van der Waals surface area (Å²) in [5, 5.41) is 10.5. The maximum atomic E-state index is 11.9. The lowest BCUT2D eigenvalue weighted by Crippen LogP contribution is -2.53. The molecule has 0 aliphatic heterocycles. The van der Waals surface area contributed by atoms with E-state index in [0.29, 0.717) is 17.6 Å². The number of aliphatic hydroxyl groups is 1. The predicted octanol–water partition coefficient (Wildman–Crippen LogP) is 4.13. The average molecular weight is 302 g/mol. The summed E-state index contributed by atoms with van der Waals surface area (Å²) in [6.45, 7) is 7.17. The third-order valence-electron chi connectivity index (χ3n) is 8.26. The van der Waals surface area contributed by atoms with Gasteiger partial charge in [0.2, 0.25) is 0 Å². The van der Waals surface area contributed by atoms with Gasteiger partial charge in [-0.25, -0.2) is 0 Å². The summed E-state index contributed by atoms with van der Waals surface area (Å²) in [6, 6.07) is 0. The van der Waals surface area contributed by atoms with Crippen molar-refractivity contribution in [2.45, 2.75) is 71.8 Å². The quantitative estimate of drug-likeness (QED) is 0.730. The Balaban J connectivity index is 1.74. The minimum absolute atomic E-state index is 0.0941. The molecule has 2 heteroatoms. The minimum atomic E-state index is -0.0941. The Hall–Kier alpha value is -0.630. The highest BCUT2D eigenvalue weighted by molar-refractivity contribution is 5.91. The van der Waals surface area contributed by atoms with Crippen LogP contribution >= 0.6 is 0 Å². The highest BCUT2D eigenvalue weighted by Gasteiger charge is 2.60. The molecule has 3 unspecified atom stereocenters. The molecule has 2 nitrogen and oxygen atoms in total. The van der Waals surface area contributed by atoms with Crippen molar-refractivity contribution in [3.8, 4) is 0 Å². The van der Waals surface area contributed by atoms with Crippen molar-refractivity contribution < 1.29 is 9.90 Å². The molecule has 0 aromatic heterocycles. The highest BCUT2D eigenvalue weighted by atomic mass is 16.3. The van der Waals surface area contributed by atoms with Gasteiger partial charge in [-0.3, -0.25) is 4.79 Å².